The summed E-state index contributed by atoms with van der Waals surface area (Å²) in [5, 5.41) is 0. The molecule has 1 aromatic carbocycles. The normalized spacial score (nSPS) is 10.1. The van der Waals surface area contributed by atoms with Crippen molar-refractivity contribution in [3.63, 3.8) is 0 Å². The molecule has 0 bridgehead atoms. The third-order valence-electron chi connectivity index (χ3n) is 2.35. The molecule has 0 saturated heterocycles. The Bertz CT molecular complexity index is 500. The summed E-state index contributed by atoms with van der Waals surface area (Å²) in [6.45, 7) is 1.52. The van der Waals surface area contributed by atoms with E-state index in [4.69, 9.17) is 4.74 Å². The molecule has 0 unspecified atom stereocenters. The van der Waals surface area contributed by atoms with Gasteiger partial charge in [-0.15, -0.1) is 0 Å². The second kappa shape index (κ2) is 4.18. The Balaban J connectivity index is 2.42. The molecule has 4 nitrogen and oxygen atoms in total. The Morgan fingerprint density at radius 3 is 2.56 bits per heavy atom. The molecule has 0 fully saturated rings. The van der Waals surface area contributed by atoms with Crippen LogP contribution < -0.4 is 4.74 Å². The molecule has 0 amide bonds. The zero-order valence-electron chi connectivity index (χ0n) is 9.18. The van der Waals surface area contributed by atoms with Crippen molar-refractivity contribution in [1.29, 1.82) is 0 Å². The lowest BCUT2D eigenvalue weighted by molar-refractivity contribution is 0.101. The maximum Gasteiger partial charge on any atom is 0.178 e. The highest BCUT2D eigenvalue weighted by Crippen LogP contribution is 2.16. The van der Waals surface area contributed by atoms with Gasteiger partial charge in [-0.3, -0.25) is 9.36 Å². The first-order chi connectivity index (χ1) is 7.72. The van der Waals surface area contributed by atoms with Gasteiger partial charge in [-0.25, -0.2) is 4.98 Å². The third kappa shape index (κ3) is 1.82. The number of hydrogen-bond acceptors (Lipinski definition) is 3. The van der Waals surface area contributed by atoms with E-state index in [1.54, 1.807) is 24.2 Å². The standard InChI is InChI=1S/C12H12N2O2/c1-9(15)12-7-13-8-14(12)10-3-5-11(16-2)6-4-10/h3-8H,1-2H3. The van der Waals surface area contributed by atoms with E-state index < -0.39 is 0 Å². The quantitative estimate of drug-likeness (QED) is 0.738. The third-order valence-corrected chi connectivity index (χ3v) is 2.35. The molecule has 0 aliphatic carbocycles. The van der Waals surface area contributed by atoms with E-state index in [1.165, 1.54) is 6.92 Å². The Morgan fingerprint density at radius 1 is 1.31 bits per heavy atom. The highest BCUT2D eigenvalue weighted by Gasteiger charge is 2.08. The van der Waals surface area contributed by atoms with Crippen LogP contribution in [0, 0.1) is 0 Å². The number of ether oxygens (including phenoxy) is 1. The number of carbonyl (C=O) groups is 1. The molecule has 1 heterocycles. The molecule has 2 aromatic rings. The number of aromatic nitrogens is 2. The molecule has 1 aromatic heterocycles. The second-order valence-corrected chi connectivity index (χ2v) is 3.40. The van der Waals surface area contributed by atoms with Crippen LogP contribution in [-0.4, -0.2) is 22.4 Å². The zero-order chi connectivity index (χ0) is 11.5. The first-order valence-electron chi connectivity index (χ1n) is 4.90. The number of hydrogen-bond donors (Lipinski definition) is 0. The van der Waals surface area contributed by atoms with E-state index in [2.05, 4.69) is 4.98 Å². The number of rotatable bonds is 3. The fourth-order valence-corrected chi connectivity index (χ4v) is 1.50. The number of carbonyl (C=O) groups excluding carboxylic acids is 1. The maximum atomic E-state index is 11.3. The Hall–Kier alpha value is -2.10. The largest absolute Gasteiger partial charge is 0.497 e. The van der Waals surface area contributed by atoms with Gasteiger partial charge in [-0.05, 0) is 24.3 Å². The van der Waals surface area contributed by atoms with Crippen LogP contribution in [0.2, 0.25) is 0 Å². The molecule has 82 valence electrons. The smallest absolute Gasteiger partial charge is 0.178 e. The van der Waals surface area contributed by atoms with Crippen LogP contribution in [0.4, 0.5) is 0 Å². The molecule has 0 aliphatic heterocycles. The van der Waals surface area contributed by atoms with Gasteiger partial charge < -0.3 is 4.74 Å². The van der Waals surface area contributed by atoms with Crippen molar-refractivity contribution < 1.29 is 9.53 Å². The molecular formula is C12H12N2O2. The average molecular weight is 216 g/mol. The van der Waals surface area contributed by atoms with E-state index in [0.29, 0.717) is 5.69 Å². The molecule has 0 aliphatic rings. The van der Waals surface area contributed by atoms with Crippen LogP contribution in [0.1, 0.15) is 17.4 Å². The van der Waals surface area contributed by atoms with Gasteiger partial charge in [0.1, 0.15) is 11.4 Å². The number of nitrogens with zero attached hydrogens (tertiary/aromatic N) is 2. The van der Waals surface area contributed by atoms with Crippen molar-refractivity contribution >= 4 is 5.78 Å². The van der Waals surface area contributed by atoms with Crippen molar-refractivity contribution in [2.75, 3.05) is 7.11 Å². The van der Waals surface area contributed by atoms with Crippen molar-refractivity contribution in [2.24, 2.45) is 0 Å². The summed E-state index contributed by atoms with van der Waals surface area (Å²) in [7, 11) is 1.62. The minimum atomic E-state index is -0.00619. The van der Waals surface area contributed by atoms with E-state index >= 15 is 0 Å². The van der Waals surface area contributed by atoms with Gasteiger partial charge in [-0.2, -0.15) is 0 Å². The van der Waals surface area contributed by atoms with Gasteiger partial charge in [0, 0.05) is 12.6 Å². The summed E-state index contributed by atoms with van der Waals surface area (Å²) in [5.74, 6) is 0.779. The second-order valence-electron chi connectivity index (χ2n) is 3.40. The zero-order valence-corrected chi connectivity index (χ0v) is 9.18. The van der Waals surface area contributed by atoms with Crippen LogP contribution in [0.5, 0.6) is 5.75 Å². The summed E-state index contributed by atoms with van der Waals surface area (Å²) in [4.78, 5) is 15.3. The highest BCUT2D eigenvalue weighted by atomic mass is 16.5. The lowest BCUT2D eigenvalue weighted by Crippen LogP contribution is -2.03. The number of methoxy groups -OCH3 is 1. The minimum Gasteiger partial charge on any atom is -0.497 e. The van der Waals surface area contributed by atoms with Gasteiger partial charge in [0.05, 0.1) is 19.6 Å². The number of Topliss-reactive ketones (excluding diaryl/α,β-unsaturated/α-hetero) is 1. The van der Waals surface area contributed by atoms with Crippen LogP contribution in [0.15, 0.2) is 36.8 Å². The monoisotopic (exact) mass is 216 g/mol. The van der Waals surface area contributed by atoms with Gasteiger partial charge >= 0.3 is 0 Å². The van der Waals surface area contributed by atoms with Gasteiger partial charge in [-0.1, -0.05) is 0 Å². The minimum absolute atomic E-state index is 0.00619. The predicted octanol–water partition coefficient (Wildman–Crippen LogP) is 2.08. The molecule has 4 heteroatoms. The molecule has 0 N–H and O–H groups in total. The fourth-order valence-electron chi connectivity index (χ4n) is 1.50. The van der Waals surface area contributed by atoms with Crippen LogP contribution in [0.3, 0.4) is 0 Å². The molecule has 2 rings (SSSR count). The number of ketones is 1. The van der Waals surface area contributed by atoms with E-state index in [1.807, 2.05) is 24.3 Å². The van der Waals surface area contributed by atoms with Gasteiger partial charge in [0.15, 0.2) is 5.78 Å². The van der Waals surface area contributed by atoms with Crippen molar-refractivity contribution in [3.8, 4) is 11.4 Å². The Kier molecular flexibility index (Phi) is 2.72. The van der Waals surface area contributed by atoms with Crippen LogP contribution >= 0.6 is 0 Å². The van der Waals surface area contributed by atoms with E-state index in [-0.39, 0.29) is 5.78 Å². The first-order valence-corrected chi connectivity index (χ1v) is 4.90. The van der Waals surface area contributed by atoms with E-state index in [0.717, 1.165) is 11.4 Å². The summed E-state index contributed by atoms with van der Waals surface area (Å²) in [6, 6.07) is 7.46. The van der Waals surface area contributed by atoms with E-state index in [9.17, 15) is 4.79 Å². The molecular weight excluding hydrogens is 204 g/mol. The molecule has 0 atom stereocenters. The van der Waals surface area contributed by atoms with Crippen molar-refractivity contribution in [2.45, 2.75) is 6.92 Å². The molecule has 0 radical (unpaired) electrons. The highest BCUT2D eigenvalue weighted by molar-refractivity contribution is 5.92. The fraction of sp³-hybridized carbons (Fsp3) is 0.167. The van der Waals surface area contributed by atoms with Gasteiger partial charge in [0.2, 0.25) is 0 Å². The number of imidazole rings is 1. The lowest BCUT2D eigenvalue weighted by atomic mass is 10.2. The van der Waals surface area contributed by atoms with Crippen LogP contribution in [-0.2, 0) is 0 Å². The topological polar surface area (TPSA) is 44.1 Å². The van der Waals surface area contributed by atoms with Crippen molar-refractivity contribution in [3.05, 3.63) is 42.5 Å². The van der Waals surface area contributed by atoms with Crippen molar-refractivity contribution in [1.82, 2.24) is 9.55 Å². The lowest BCUT2D eigenvalue weighted by Gasteiger charge is -2.06. The SMILES string of the molecule is COc1ccc(-n2cncc2C(C)=O)cc1. The molecule has 16 heavy (non-hydrogen) atoms. The average Bonchev–Trinajstić information content (AvgIpc) is 2.78. The summed E-state index contributed by atoms with van der Waals surface area (Å²) in [5.41, 5.74) is 1.47. The molecule has 0 saturated carbocycles. The predicted molar refractivity (Wildman–Crippen MR) is 60.1 cm³/mol. The maximum absolute atomic E-state index is 11.3. The summed E-state index contributed by atoms with van der Waals surface area (Å²) in [6.07, 6.45) is 3.19. The summed E-state index contributed by atoms with van der Waals surface area (Å²) < 4.78 is 6.82. The summed E-state index contributed by atoms with van der Waals surface area (Å²) >= 11 is 0. The molecule has 0 spiro atoms. The Labute approximate surface area is 93.5 Å². The van der Waals surface area contributed by atoms with Gasteiger partial charge in [0.25, 0.3) is 0 Å². The number of benzene rings is 1. The Morgan fingerprint density at radius 2 is 2.00 bits per heavy atom. The first kappa shape index (κ1) is 10.4. The van der Waals surface area contributed by atoms with Crippen LogP contribution in [0.25, 0.3) is 5.69 Å².